The molecule has 1 unspecified atom stereocenters. The number of benzene rings is 1. The number of rotatable bonds is 41. The Morgan fingerprint density at radius 1 is 0.741 bits per heavy atom. The summed E-state index contributed by atoms with van der Waals surface area (Å²) in [5.41, 5.74) is 0.861. The highest BCUT2D eigenvalue weighted by Crippen LogP contribution is 2.55. The lowest BCUT2D eigenvalue weighted by Gasteiger charge is -2.34. The van der Waals surface area contributed by atoms with Gasteiger partial charge >= 0.3 is 21.2 Å². The largest absolute Gasteiger partial charge is 0.420 e. The van der Waals surface area contributed by atoms with Crippen LogP contribution in [0.4, 0.5) is 19.0 Å². The van der Waals surface area contributed by atoms with Gasteiger partial charge in [0.05, 0.1) is 143 Å². The molecule has 2 aliphatic rings. The number of carbonyl (C=O) groups excluding carboxylic acids is 1. The summed E-state index contributed by atoms with van der Waals surface area (Å²) in [4.78, 5) is 52.9. The minimum atomic E-state index is -4.88. The van der Waals surface area contributed by atoms with Crippen LogP contribution in [-0.4, -0.2) is 251 Å². The van der Waals surface area contributed by atoms with Crippen LogP contribution in [0.2, 0.25) is 5.28 Å². The van der Waals surface area contributed by atoms with E-state index >= 15 is 0 Å². The Morgan fingerprint density at radius 2 is 1.30 bits per heavy atom. The maximum absolute atomic E-state index is 13.6. The van der Waals surface area contributed by atoms with Crippen LogP contribution in [0.1, 0.15) is 24.8 Å². The highest BCUT2D eigenvalue weighted by molar-refractivity contribution is 7.70. The molecule has 0 bridgehead atoms. The standard InChI is InChI=1S/C46H70ClF3N10O19P2/c47-46-53-43(35-28-52-60(44(35)54-46)45-41(63)40(62)38(78-45)31-77-81(67,68)32-80(64,65)66)51-3-1-4-57-5-7-58(8-6-57)9-12-70-15-18-73-22-23-75-24-25-76-30-34-29-59(56-55-34)10-13-71-16-19-74-21-20-72-17-14-69-11-2-39(61)79-42-36(49)26-33(48)27-37(42)50/h26-29,38,40-41,45,62-63H,1-25,30-32H2,(H,67,68)(H,51,53,54)(H2,64,65,66)/t38-,40-,41-,45-/m1/s1. The van der Waals surface area contributed by atoms with Crippen molar-refractivity contribution in [1.29, 1.82) is 0 Å². The lowest BCUT2D eigenvalue weighted by atomic mass is 10.1. The molecule has 5 heterocycles. The fourth-order valence-electron chi connectivity index (χ4n) is 7.91. The number of carbonyl (C=O) groups is 1. The van der Waals surface area contributed by atoms with Gasteiger partial charge in [-0.15, -0.1) is 5.10 Å². The first-order valence-corrected chi connectivity index (χ1v) is 29.9. The van der Waals surface area contributed by atoms with Gasteiger partial charge in [-0.25, -0.2) is 22.5 Å². The van der Waals surface area contributed by atoms with E-state index in [-0.39, 0.29) is 43.8 Å². The Balaban J connectivity index is 0.680. The van der Waals surface area contributed by atoms with Crippen LogP contribution in [0.5, 0.6) is 5.75 Å². The summed E-state index contributed by atoms with van der Waals surface area (Å²) in [5, 5.41) is 37.4. The van der Waals surface area contributed by atoms with Gasteiger partial charge in [0, 0.05) is 51.4 Å². The van der Waals surface area contributed by atoms with Gasteiger partial charge in [-0.05, 0) is 24.6 Å². The topological polar surface area (TPSA) is 347 Å². The first kappa shape index (κ1) is 66.2. The number of aliphatic hydroxyl groups is 2. The van der Waals surface area contributed by atoms with E-state index in [2.05, 4.69) is 45.2 Å². The molecule has 0 amide bonds. The molecule has 3 aromatic heterocycles. The predicted molar refractivity (Wildman–Crippen MR) is 277 cm³/mol. The number of ether oxygens (including phenoxy) is 10. The average Bonchev–Trinajstić information content (AvgIpc) is 4.23. The maximum Gasteiger partial charge on any atom is 0.340 e. The Morgan fingerprint density at radius 3 is 1.90 bits per heavy atom. The molecule has 81 heavy (non-hydrogen) atoms. The number of aromatic nitrogens is 7. The molecule has 0 spiro atoms. The molecular formula is C46H70ClF3N10O19P2. The van der Waals surface area contributed by atoms with Crippen LogP contribution in [0.3, 0.4) is 0 Å². The van der Waals surface area contributed by atoms with Gasteiger partial charge < -0.3 is 87.0 Å². The summed E-state index contributed by atoms with van der Waals surface area (Å²) in [6, 6.07) is 0.835. The van der Waals surface area contributed by atoms with Crippen LogP contribution < -0.4 is 10.1 Å². The molecule has 35 heteroatoms. The first-order valence-electron chi connectivity index (χ1n) is 25.9. The number of nitrogens with zero attached hydrogens (tertiary/aromatic N) is 9. The normalized spacial score (nSPS) is 19.0. The Kier molecular flexibility index (Phi) is 28.4. The fraction of sp³-hybridized carbons (Fsp3) is 0.696. The van der Waals surface area contributed by atoms with Crippen molar-refractivity contribution in [3.8, 4) is 5.75 Å². The van der Waals surface area contributed by atoms with Crippen molar-refractivity contribution in [2.75, 3.05) is 163 Å². The van der Waals surface area contributed by atoms with E-state index in [9.17, 15) is 42.2 Å². The van der Waals surface area contributed by atoms with Crippen LogP contribution >= 0.6 is 26.8 Å². The molecule has 0 saturated carbocycles. The number of hydrogen-bond acceptors (Lipinski definition) is 24. The summed E-state index contributed by atoms with van der Waals surface area (Å²) < 4.78 is 126. The zero-order valence-corrected chi connectivity index (χ0v) is 46.8. The minimum Gasteiger partial charge on any atom is -0.420 e. The van der Waals surface area contributed by atoms with Crippen molar-refractivity contribution in [3.63, 3.8) is 0 Å². The van der Waals surface area contributed by atoms with Crippen LogP contribution in [0, 0.1) is 17.5 Å². The monoisotopic (exact) mass is 1220 g/mol. The summed E-state index contributed by atoms with van der Waals surface area (Å²) in [6.07, 6.45) is -2.07. The lowest BCUT2D eigenvalue weighted by molar-refractivity contribution is -0.136. The van der Waals surface area contributed by atoms with Crippen molar-refractivity contribution in [2.45, 2.75) is 50.5 Å². The third-order valence-corrected chi connectivity index (χ3v) is 15.6. The third kappa shape index (κ3) is 23.9. The summed E-state index contributed by atoms with van der Waals surface area (Å²) in [5.74, 6) is -6.66. The van der Waals surface area contributed by atoms with Gasteiger partial charge in [0.15, 0.2) is 29.4 Å². The van der Waals surface area contributed by atoms with E-state index in [1.807, 2.05) is 0 Å². The second-order valence-electron chi connectivity index (χ2n) is 18.2. The molecule has 2 fully saturated rings. The second-order valence-corrected chi connectivity index (χ2v) is 22.5. The van der Waals surface area contributed by atoms with E-state index in [0.717, 1.165) is 45.7 Å². The number of halogens is 4. The summed E-state index contributed by atoms with van der Waals surface area (Å²) in [7, 11) is -9.61. The average molecular weight is 1220 g/mol. The molecule has 2 aliphatic heterocycles. The van der Waals surface area contributed by atoms with Gasteiger partial charge in [-0.3, -0.25) is 18.8 Å². The molecule has 6 rings (SSSR count). The van der Waals surface area contributed by atoms with E-state index in [4.69, 9.17) is 68.5 Å². The van der Waals surface area contributed by atoms with Crippen molar-refractivity contribution < 1.29 is 104 Å². The van der Waals surface area contributed by atoms with E-state index in [1.54, 1.807) is 10.9 Å². The number of aliphatic hydroxyl groups excluding tert-OH is 2. The van der Waals surface area contributed by atoms with Gasteiger partial charge in [0.25, 0.3) is 0 Å². The van der Waals surface area contributed by atoms with Gasteiger partial charge in [0.2, 0.25) is 11.0 Å². The first-order chi connectivity index (χ1) is 38.9. The number of fused-ring (bicyclic) bond motifs is 1. The summed E-state index contributed by atoms with van der Waals surface area (Å²) >= 11 is 6.25. The molecular weight excluding hydrogens is 1150 g/mol. The number of anilines is 1. The number of nitrogens with one attached hydrogen (secondary N) is 1. The fourth-order valence-corrected chi connectivity index (χ4v) is 10.6. The molecule has 6 N–H and O–H groups in total. The summed E-state index contributed by atoms with van der Waals surface area (Å²) in [6.45, 7) is 11.2. The number of esters is 1. The quantitative estimate of drug-likeness (QED) is 0.0119. The molecule has 0 aliphatic carbocycles. The SMILES string of the molecule is O=C(CCOCCOCCOCCOCCn1cc(COCCOCCOCCOCCN2CCN(CCCNc3nc(Cl)nc4c3cnn4[C@@H]3O[C@H](COP(=O)(O)CP(=O)(O)O)[C@@H](O)[C@H]3O)CC2)nn1)Oc1c(F)cc(F)cc1F. The third-order valence-electron chi connectivity index (χ3n) is 11.9. The molecule has 5 atom stereocenters. The van der Waals surface area contributed by atoms with E-state index in [1.165, 1.54) is 10.9 Å². The van der Waals surface area contributed by atoms with Gasteiger partial charge in [0.1, 0.15) is 35.6 Å². The van der Waals surface area contributed by atoms with Crippen LogP contribution in [0.15, 0.2) is 24.5 Å². The van der Waals surface area contributed by atoms with E-state index < -0.39 is 81.4 Å². The van der Waals surface area contributed by atoms with Gasteiger partial charge in [-0.2, -0.15) is 15.1 Å². The zero-order chi connectivity index (χ0) is 58.0. The molecule has 0 radical (unpaired) electrons. The molecule has 29 nitrogen and oxygen atoms in total. The molecule has 2 saturated heterocycles. The van der Waals surface area contributed by atoms with Crippen LogP contribution in [0.25, 0.3) is 11.0 Å². The second kappa shape index (κ2) is 34.7. The van der Waals surface area contributed by atoms with E-state index in [0.29, 0.717) is 121 Å². The Hall–Kier alpha value is -3.96. The van der Waals surface area contributed by atoms with Crippen LogP contribution in [-0.2, 0) is 74.2 Å². The van der Waals surface area contributed by atoms with Crippen molar-refractivity contribution in [1.82, 2.24) is 44.5 Å². The van der Waals surface area contributed by atoms with Gasteiger partial charge in [-0.1, -0.05) is 5.21 Å². The maximum atomic E-state index is 13.6. The number of hydrogen-bond donors (Lipinski definition) is 6. The Labute approximate surface area is 468 Å². The Bertz CT molecular complexity index is 2590. The van der Waals surface area contributed by atoms with Crippen molar-refractivity contribution >= 4 is 49.6 Å². The highest BCUT2D eigenvalue weighted by Gasteiger charge is 2.46. The molecule has 1 aromatic carbocycles. The zero-order valence-electron chi connectivity index (χ0n) is 44.3. The minimum absolute atomic E-state index is 0.0573. The van der Waals surface area contributed by atoms with Crippen molar-refractivity contribution in [3.05, 3.63) is 53.0 Å². The lowest BCUT2D eigenvalue weighted by Crippen LogP contribution is -2.47. The smallest absolute Gasteiger partial charge is 0.340 e. The van der Waals surface area contributed by atoms with Crippen molar-refractivity contribution in [2.24, 2.45) is 0 Å². The number of piperazine rings is 1. The predicted octanol–water partition coefficient (Wildman–Crippen LogP) is 1.19. The highest BCUT2D eigenvalue weighted by atomic mass is 35.5. The molecule has 4 aromatic rings. The molecule has 456 valence electrons.